The summed E-state index contributed by atoms with van der Waals surface area (Å²) in [5.74, 6) is 0. The Morgan fingerprint density at radius 1 is 1.50 bits per heavy atom. The molecular formula is C16H26ClN3. The van der Waals surface area contributed by atoms with Crippen LogP contribution >= 0.6 is 11.6 Å². The minimum Gasteiger partial charge on any atom is -0.373 e. The molecule has 1 aromatic rings. The SMILES string of the molecule is CC(N)Cc1ccc(Cl)cc1N(C)CC1CCCN1C. The van der Waals surface area contributed by atoms with Crippen LogP contribution in [-0.4, -0.2) is 44.2 Å². The smallest absolute Gasteiger partial charge is 0.0426 e. The van der Waals surface area contributed by atoms with Crippen molar-refractivity contribution in [3.8, 4) is 0 Å². The Morgan fingerprint density at radius 2 is 2.25 bits per heavy atom. The summed E-state index contributed by atoms with van der Waals surface area (Å²) < 4.78 is 0. The lowest BCUT2D eigenvalue weighted by molar-refractivity contribution is 0.314. The molecule has 2 N–H and O–H groups in total. The van der Waals surface area contributed by atoms with Crippen molar-refractivity contribution in [1.29, 1.82) is 0 Å². The largest absolute Gasteiger partial charge is 0.373 e. The fourth-order valence-corrected chi connectivity index (χ4v) is 3.20. The first-order chi connectivity index (χ1) is 9.47. The molecule has 1 aliphatic rings. The number of benzene rings is 1. The molecule has 0 aromatic heterocycles. The molecule has 0 spiro atoms. The summed E-state index contributed by atoms with van der Waals surface area (Å²) in [6.45, 7) is 4.30. The van der Waals surface area contributed by atoms with E-state index in [1.807, 2.05) is 13.0 Å². The van der Waals surface area contributed by atoms with Crippen LogP contribution in [0.1, 0.15) is 25.3 Å². The maximum absolute atomic E-state index is 6.17. The van der Waals surface area contributed by atoms with Crippen molar-refractivity contribution < 1.29 is 0 Å². The van der Waals surface area contributed by atoms with Gasteiger partial charge in [0.1, 0.15) is 0 Å². The number of hydrogen-bond donors (Lipinski definition) is 1. The standard InChI is InChI=1S/C16H26ClN3/c1-12(18)9-13-6-7-14(17)10-16(13)20(3)11-15-5-4-8-19(15)2/h6-7,10,12,15H,4-5,8-9,11,18H2,1-3H3. The lowest BCUT2D eigenvalue weighted by Crippen LogP contribution is -2.37. The molecule has 0 saturated carbocycles. The Balaban J connectivity index is 2.14. The van der Waals surface area contributed by atoms with Gasteiger partial charge in [-0.3, -0.25) is 0 Å². The third-order valence-electron chi connectivity index (χ3n) is 4.16. The van der Waals surface area contributed by atoms with E-state index >= 15 is 0 Å². The molecule has 4 heteroatoms. The first kappa shape index (κ1) is 15.6. The summed E-state index contributed by atoms with van der Waals surface area (Å²) in [4.78, 5) is 4.78. The molecule has 0 bridgehead atoms. The first-order valence-corrected chi connectivity index (χ1v) is 7.80. The predicted molar refractivity (Wildman–Crippen MR) is 87.7 cm³/mol. The Morgan fingerprint density at radius 3 is 2.85 bits per heavy atom. The van der Waals surface area contributed by atoms with Gasteiger partial charge in [0.05, 0.1) is 0 Å². The summed E-state index contributed by atoms with van der Waals surface area (Å²) in [7, 11) is 4.37. The zero-order valence-corrected chi connectivity index (χ0v) is 13.5. The van der Waals surface area contributed by atoms with Crippen molar-refractivity contribution in [3.05, 3.63) is 28.8 Å². The fourth-order valence-electron chi connectivity index (χ4n) is 3.04. The molecule has 0 aliphatic carbocycles. The average Bonchev–Trinajstić information content (AvgIpc) is 2.76. The predicted octanol–water partition coefficient (Wildman–Crippen LogP) is 2.76. The Labute approximate surface area is 127 Å². The van der Waals surface area contributed by atoms with E-state index in [2.05, 4.69) is 36.0 Å². The van der Waals surface area contributed by atoms with Crippen molar-refractivity contribution in [2.45, 2.75) is 38.3 Å². The molecule has 1 fully saturated rings. The van der Waals surface area contributed by atoms with Crippen LogP contribution in [0.2, 0.25) is 5.02 Å². The molecule has 2 unspecified atom stereocenters. The van der Waals surface area contributed by atoms with Crippen LogP contribution in [0.15, 0.2) is 18.2 Å². The molecule has 1 saturated heterocycles. The van der Waals surface area contributed by atoms with Crippen LogP contribution in [0, 0.1) is 0 Å². The van der Waals surface area contributed by atoms with Crippen molar-refractivity contribution in [1.82, 2.24) is 4.90 Å². The van der Waals surface area contributed by atoms with E-state index in [0.29, 0.717) is 6.04 Å². The molecule has 20 heavy (non-hydrogen) atoms. The quantitative estimate of drug-likeness (QED) is 0.906. The minimum atomic E-state index is 0.164. The third kappa shape index (κ3) is 3.87. The second-order valence-electron chi connectivity index (χ2n) is 6.11. The third-order valence-corrected chi connectivity index (χ3v) is 4.39. The molecule has 112 valence electrons. The van der Waals surface area contributed by atoms with E-state index in [4.69, 9.17) is 17.3 Å². The number of anilines is 1. The summed E-state index contributed by atoms with van der Waals surface area (Å²) in [5, 5.41) is 0.792. The van der Waals surface area contributed by atoms with Crippen molar-refractivity contribution in [2.24, 2.45) is 5.73 Å². The van der Waals surface area contributed by atoms with Gasteiger partial charge in [0, 0.05) is 36.4 Å². The molecule has 1 aliphatic heterocycles. The van der Waals surface area contributed by atoms with Crippen LogP contribution in [0.5, 0.6) is 0 Å². The van der Waals surface area contributed by atoms with Gasteiger partial charge in [-0.25, -0.2) is 0 Å². The molecule has 0 amide bonds. The van der Waals surface area contributed by atoms with Crippen LogP contribution in [-0.2, 0) is 6.42 Å². The first-order valence-electron chi connectivity index (χ1n) is 7.42. The van der Waals surface area contributed by atoms with Gasteiger partial charge in [-0.15, -0.1) is 0 Å². The summed E-state index contributed by atoms with van der Waals surface area (Å²) in [5.41, 5.74) is 8.46. The van der Waals surface area contributed by atoms with Gasteiger partial charge in [0.2, 0.25) is 0 Å². The molecule has 0 radical (unpaired) electrons. The zero-order chi connectivity index (χ0) is 14.7. The number of nitrogens with two attached hydrogens (primary N) is 1. The minimum absolute atomic E-state index is 0.164. The summed E-state index contributed by atoms with van der Waals surface area (Å²) >= 11 is 6.17. The van der Waals surface area contributed by atoms with Gasteiger partial charge < -0.3 is 15.5 Å². The lowest BCUT2D eigenvalue weighted by Gasteiger charge is -2.29. The number of likely N-dealkylation sites (N-methyl/N-ethyl adjacent to an activating group) is 2. The Kier molecular flexibility index (Phi) is 5.30. The number of rotatable bonds is 5. The van der Waals surface area contributed by atoms with E-state index in [1.54, 1.807) is 0 Å². The van der Waals surface area contributed by atoms with Gasteiger partial charge in [0.25, 0.3) is 0 Å². The van der Waals surface area contributed by atoms with E-state index < -0.39 is 0 Å². The van der Waals surface area contributed by atoms with Gasteiger partial charge in [-0.2, -0.15) is 0 Å². The maximum atomic E-state index is 6.17. The fraction of sp³-hybridized carbons (Fsp3) is 0.625. The van der Waals surface area contributed by atoms with E-state index in [0.717, 1.165) is 18.0 Å². The number of nitrogens with zero attached hydrogens (tertiary/aromatic N) is 2. The highest BCUT2D eigenvalue weighted by atomic mass is 35.5. The highest BCUT2D eigenvalue weighted by molar-refractivity contribution is 6.30. The van der Waals surface area contributed by atoms with E-state index in [1.165, 1.54) is 30.6 Å². The number of halogens is 1. The number of hydrogen-bond acceptors (Lipinski definition) is 3. The molecular weight excluding hydrogens is 270 g/mol. The topological polar surface area (TPSA) is 32.5 Å². The van der Waals surface area contributed by atoms with Gasteiger partial charge >= 0.3 is 0 Å². The highest BCUT2D eigenvalue weighted by Gasteiger charge is 2.23. The van der Waals surface area contributed by atoms with Crippen LogP contribution in [0.25, 0.3) is 0 Å². The van der Waals surface area contributed by atoms with Crippen LogP contribution in [0.3, 0.4) is 0 Å². The van der Waals surface area contributed by atoms with Crippen molar-refractivity contribution in [3.63, 3.8) is 0 Å². The average molecular weight is 296 g/mol. The second kappa shape index (κ2) is 6.79. The zero-order valence-electron chi connectivity index (χ0n) is 12.8. The highest BCUT2D eigenvalue weighted by Crippen LogP contribution is 2.27. The summed E-state index contributed by atoms with van der Waals surface area (Å²) in [6, 6.07) is 6.93. The van der Waals surface area contributed by atoms with Crippen molar-refractivity contribution >= 4 is 17.3 Å². The monoisotopic (exact) mass is 295 g/mol. The normalized spacial score (nSPS) is 21.1. The lowest BCUT2D eigenvalue weighted by atomic mass is 10.0. The van der Waals surface area contributed by atoms with Crippen molar-refractivity contribution in [2.75, 3.05) is 32.1 Å². The number of likely N-dealkylation sites (tertiary alicyclic amines) is 1. The van der Waals surface area contributed by atoms with Gasteiger partial charge in [0.15, 0.2) is 0 Å². The second-order valence-corrected chi connectivity index (χ2v) is 6.55. The van der Waals surface area contributed by atoms with Crippen LogP contribution < -0.4 is 10.6 Å². The van der Waals surface area contributed by atoms with E-state index in [9.17, 15) is 0 Å². The van der Waals surface area contributed by atoms with Crippen LogP contribution in [0.4, 0.5) is 5.69 Å². The molecule has 1 aromatic carbocycles. The van der Waals surface area contributed by atoms with E-state index in [-0.39, 0.29) is 6.04 Å². The molecule has 2 atom stereocenters. The van der Waals surface area contributed by atoms with Gasteiger partial charge in [-0.1, -0.05) is 17.7 Å². The maximum Gasteiger partial charge on any atom is 0.0426 e. The summed E-state index contributed by atoms with van der Waals surface area (Å²) in [6.07, 6.45) is 3.47. The molecule has 3 nitrogen and oxygen atoms in total. The molecule has 1 heterocycles. The van der Waals surface area contributed by atoms with Gasteiger partial charge in [-0.05, 0) is 57.5 Å². The Hall–Kier alpha value is -0.770. The molecule has 2 rings (SSSR count). The Bertz CT molecular complexity index is 447.